The molecule has 0 amide bonds. The van der Waals surface area contributed by atoms with E-state index in [1.807, 2.05) is 45.0 Å². The summed E-state index contributed by atoms with van der Waals surface area (Å²) < 4.78 is 11.1. The van der Waals surface area contributed by atoms with E-state index in [-0.39, 0.29) is 17.3 Å². The molecule has 0 aromatic heterocycles. The van der Waals surface area contributed by atoms with Crippen molar-refractivity contribution in [1.29, 1.82) is 0 Å². The monoisotopic (exact) mass is 383 g/mol. The van der Waals surface area contributed by atoms with Crippen LogP contribution in [0.1, 0.15) is 58.9 Å². The Morgan fingerprint density at radius 1 is 1.21 bits per heavy atom. The van der Waals surface area contributed by atoms with Gasteiger partial charge in [-0.3, -0.25) is 4.79 Å². The highest BCUT2D eigenvalue weighted by Gasteiger charge is 2.44. The molecule has 2 aliphatic rings. The van der Waals surface area contributed by atoms with Gasteiger partial charge in [-0.15, -0.1) is 0 Å². The zero-order valence-electron chi connectivity index (χ0n) is 17.5. The van der Waals surface area contributed by atoms with Crippen molar-refractivity contribution in [3.8, 4) is 5.75 Å². The van der Waals surface area contributed by atoms with Gasteiger partial charge in [0.15, 0.2) is 5.78 Å². The highest BCUT2D eigenvalue weighted by molar-refractivity contribution is 6.04. The molecule has 0 saturated carbocycles. The zero-order chi connectivity index (χ0) is 20.6. The fourth-order valence-electron chi connectivity index (χ4n) is 4.20. The summed E-state index contributed by atoms with van der Waals surface area (Å²) in [7, 11) is 1.60. The van der Waals surface area contributed by atoms with Crippen molar-refractivity contribution < 1.29 is 19.1 Å². The molecule has 0 bridgehead atoms. The number of ketones is 1. The lowest BCUT2D eigenvalue weighted by Crippen LogP contribution is -2.39. The van der Waals surface area contributed by atoms with E-state index >= 15 is 0 Å². The maximum atomic E-state index is 13.2. The number of carbonyl (C=O) groups excluding carboxylic acids is 2. The summed E-state index contributed by atoms with van der Waals surface area (Å²) in [4.78, 5) is 26.2. The predicted molar refractivity (Wildman–Crippen MR) is 108 cm³/mol. The third-order valence-electron chi connectivity index (χ3n) is 5.25. The Morgan fingerprint density at radius 2 is 1.89 bits per heavy atom. The minimum Gasteiger partial charge on any atom is -0.496 e. The number of nitrogens with one attached hydrogen (secondary N) is 1. The molecule has 0 saturated heterocycles. The number of rotatable bonds is 4. The summed E-state index contributed by atoms with van der Waals surface area (Å²) in [5.41, 5.74) is 3.45. The Balaban J connectivity index is 2.21. The molecule has 5 heteroatoms. The molecular formula is C23H29NO4. The van der Waals surface area contributed by atoms with Crippen molar-refractivity contribution in [3.63, 3.8) is 0 Å². The first-order valence-corrected chi connectivity index (χ1v) is 9.72. The van der Waals surface area contributed by atoms with Gasteiger partial charge in [0.1, 0.15) is 5.75 Å². The number of carbonyl (C=O) groups is 2. The molecule has 1 heterocycles. The van der Waals surface area contributed by atoms with Crippen LogP contribution in [0, 0.1) is 5.41 Å². The Morgan fingerprint density at radius 3 is 2.54 bits per heavy atom. The van der Waals surface area contributed by atoms with Crippen LogP contribution in [-0.2, 0) is 14.3 Å². The van der Waals surface area contributed by atoms with E-state index in [0.29, 0.717) is 23.3 Å². The van der Waals surface area contributed by atoms with Crippen LogP contribution in [0.5, 0.6) is 5.75 Å². The molecule has 5 nitrogen and oxygen atoms in total. The van der Waals surface area contributed by atoms with Crippen LogP contribution in [0.25, 0.3) is 0 Å². The smallest absolute Gasteiger partial charge is 0.337 e. The van der Waals surface area contributed by atoms with Crippen molar-refractivity contribution in [3.05, 3.63) is 52.4 Å². The number of dihydropyridines is 1. The molecule has 1 aliphatic carbocycles. The number of Topliss-reactive ketones (excluding diaryl/α,β-unsaturated/α-hetero) is 1. The molecule has 150 valence electrons. The maximum Gasteiger partial charge on any atom is 0.337 e. The van der Waals surface area contributed by atoms with Gasteiger partial charge in [-0.2, -0.15) is 0 Å². The largest absolute Gasteiger partial charge is 0.496 e. The van der Waals surface area contributed by atoms with Gasteiger partial charge < -0.3 is 14.8 Å². The number of esters is 1. The van der Waals surface area contributed by atoms with Crippen molar-refractivity contribution >= 4 is 11.8 Å². The minimum absolute atomic E-state index is 0.0667. The summed E-state index contributed by atoms with van der Waals surface area (Å²) in [6.45, 7) is 9.70. The first-order chi connectivity index (χ1) is 13.1. The second-order valence-corrected chi connectivity index (χ2v) is 8.63. The topological polar surface area (TPSA) is 64.6 Å². The van der Waals surface area contributed by atoms with E-state index in [9.17, 15) is 9.59 Å². The third-order valence-corrected chi connectivity index (χ3v) is 5.25. The van der Waals surface area contributed by atoms with Gasteiger partial charge in [0.05, 0.1) is 24.7 Å². The number of hydrogen-bond acceptors (Lipinski definition) is 5. The molecule has 1 aromatic rings. The first-order valence-electron chi connectivity index (χ1n) is 9.72. The Bertz CT molecular complexity index is 876. The van der Waals surface area contributed by atoms with E-state index in [1.165, 1.54) is 0 Å². The van der Waals surface area contributed by atoms with E-state index in [4.69, 9.17) is 9.47 Å². The first kappa shape index (κ1) is 20.2. The highest BCUT2D eigenvalue weighted by atomic mass is 16.5. The summed E-state index contributed by atoms with van der Waals surface area (Å²) in [6.07, 6.45) is 0.955. The van der Waals surface area contributed by atoms with Gasteiger partial charge in [-0.25, -0.2) is 4.79 Å². The van der Waals surface area contributed by atoms with Crippen molar-refractivity contribution in [1.82, 2.24) is 5.32 Å². The molecule has 1 aliphatic heterocycles. The quantitative estimate of drug-likeness (QED) is 0.788. The van der Waals surface area contributed by atoms with E-state index < -0.39 is 11.9 Å². The molecule has 3 rings (SSSR count). The highest BCUT2D eigenvalue weighted by Crippen LogP contribution is 2.48. The van der Waals surface area contributed by atoms with Crippen LogP contribution in [-0.4, -0.2) is 25.0 Å². The molecular weight excluding hydrogens is 354 g/mol. The summed E-state index contributed by atoms with van der Waals surface area (Å²) in [5.74, 6) is -0.180. The van der Waals surface area contributed by atoms with Crippen LogP contribution in [0.15, 0.2) is 46.8 Å². The summed E-state index contributed by atoms with van der Waals surface area (Å²) in [5, 5.41) is 3.34. The number of allylic oxidation sites excluding steroid dienone is 3. The lowest BCUT2D eigenvalue weighted by atomic mass is 9.68. The van der Waals surface area contributed by atoms with E-state index in [0.717, 1.165) is 23.4 Å². The predicted octanol–water partition coefficient (Wildman–Crippen LogP) is 4.25. The van der Waals surface area contributed by atoms with E-state index in [1.54, 1.807) is 7.11 Å². The van der Waals surface area contributed by atoms with Gasteiger partial charge in [0, 0.05) is 29.0 Å². The Hall–Kier alpha value is -2.56. The van der Waals surface area contributed by atoms with E-state index in [2.05, 4.69) is 19.2 Å². The molecule has 1 aromatic carbocycles. The summed E-state index contributed by atoms with van der Waals surface area (Å²) >= 11 is 0. The molecule has 0 spiro atoms. The molecule has 1 N–H and O–H groups in total. The van der Waals surface area contributed by atoms with Crippen LogP contribution in [0.2, 0.25) is 0 Å². The second-order valence-electron chi connectivity index (χ2n) is 8.63. The molecule has 0 fully saturated rings. The average Bonchev–Trinajstić information content (AvgIpc) is 2.58. The van der Waals surface area contributed by atoms with Gasteiger partial charge in [-0.1, -0.05) is 32.0 Å². The maximum absolute atomic E-state index is 13.2. The number of ether oxygens (including phenoxy) is 2. The van der Waals surface area contributed by atoms with Gasteiger partial charge in [-0.05, 0) is 38.7 Å². The lowest BCUT2D eigenvalue weighted by molar-refractivity contribution is -0.143. The average molecular weight is 383 g/mol. The molecule has 28 heavy (non-hydrogen) atoms. The van der Waals surface area contributed by atoms with Crippen LogP contribution < -0.4 is 10.1 Å². The van der Waals surface area contributed by atoms with Crippen LogP contribution >= 0.6 is 0 Å². The van der Waals surface area contributed by atoms with Crippen molar-refractivity contribution in [2.75, 3.05) is 7.11 Å². The third kappa shape index (κ3) is 3.71. The van der Waals surface area contributed by atoms with Crippen molar-refractivity contribution in [2.24, 2.45) is 5.41 Å². The number of hydrogen-bond donors (Lipinski definition) is 1. The normalized spacial score (nSPS) is 21.4. The SMILES string of the molecule is COc1ccccc1[C@@H]1C(C(=O)OC(C)C)=C(C)NC2=C1C(=O)CC(C)(C)C2. The van der Waals surface area contributed by atoms with Gasteiger partial charge in [0.2, 0.25) is 0 Å². The van der Waals surface area contributed by atoms with Gasteiger partial charge in [0.25, 0.3) is 0 Å². The number of benzene rings is 1. The molecule has 1 atom stereocenters. The Kier molecular flexibility index (Phi) is 5.37. The number of methoxy groups -OCH3 is 1. The zero-order valence-corrected chi connectivity index (χ0v) is 17.5. The fourth-order valence-corrected chi connectivity index (χ4v) is 4.20. The fraction of sp³-hybridized carbons (Fsp3) is 0.478. The van der Waals surface area contributed by atoms with Crippen LogP contribution in [0.4, 0.5) is 0 Å². The molecule has 0 radical (unpaired) electrons. The van der Waals surface area contributed by atoms with Crippen molar-refractivity contribution in [2.45, 2.75) is 59.5 Å². The second kappa shape index (κ2) is 7.46. The Labute approximate surface area is 166 Å². The van der Waals surface area contributed by atoms with Crippen LogP contribution in [0.3, 0.4) is 0 Å². The number of para-hydroxylation sites is 1. The lowest BCUT2D eigenvalue weighted by Gasteiger charge is -2.39. The van der Waals surface area contributed by atoms with Gasteiger partial charge >= 0.3 is 5.97 Å². The molecule has 0 unspecified atom stereocenters. The minimum atomic E-state index is -0.498. The standard InChI is InChI=1S/C23H29NO4/c1-13(2)28-22(26)19-14(3)24-16-11-23(4,5)12-17(25)21(16)20(19)15-9-7-8-10-18(15)27-6/h7-10,13,20,24H,11-12H2,1-6H3/t20-/m1/s1. The summed E-state index contributed by atoms with van der Waals surface area (Å²) in [6, 6.07) is 7.56.